The summed E-state index contributed by atoms with van der Waals surface area (Å²) in [6.07, 6.45) is 2.64. The van der Waals surface area contributed by atoms with Gasteiger partial charge in [-0.1, -0.05) is 62.9 Å². The van der Waals surface area contributed by atoms with E-state index in [2.05, 4.69) is 35.5 Å². The molecule has 1 N–H and O–H groups in total. The fraction of sp³-hybridized carbons (Fsp3) is 0.429. The van der Waals surface area contributed by atoms with Crippen molar-refractivity contribution < 1.29 is 26.4 Å². The summed E-state index contributed by atoms with van der Waals surface area (Å²) in [5, 5.41) is 2.41. The highest BCUT2D eigenvalue weighted by atomic mass is 32.2. The van der Waals surface area contributed by atoms with Crippen molar-refractivity contribution in [3.8, 4) is 0 Å². The van der Waals surface area contributed by atoms with Crippen LogP contribution in [0.3, 0.4) is 0 Å². The van der Waals surface area contributed by atoms with E-state index in [4.69, 9.17) is 4.98 Å². The van der Waals surface area contributed by atoms with Gasteiger partial charge in [0.1, 0.15) is 0 Å². The molecule has 0 spiro atoms. The maximum Gasteiger partial charge on any atom is 0.412 e. The van der Waals surface area contributed by atoms with E-state index < -0.39 is 28.0 Å². The number of fused-ring (bicyclic) bond motifs is 1. The van der Waals surface area contributed by atoms with E-state index in [1.165, 1.54) is 42.5 Å². The number of aromatic nitrogens is 1. The lowest BCUT2D eigenvalue weighted by molar-refractivity contribution is -0.155. The summed E-state index contributed by atoms with van der Waals surface area (Å²) >= 11 is 0. The number of halogens is 3. The molecule has 1 atom stereocenters. The molecule has 0 bridgehead atoms. The largest absolute Gasteiger partial charge is 0.412 e. The molecule has 2 aromatic carbocycles. The Labute approximate surface area is 270 Å². The molecule has 4 rings (SSSR count). The molecule has 46 heavy (non-hydrogen) atoms. The number of nitrogens with one attached hydrogen (secondary N) is 1. The van der Waals surface area contributed by atoms with Crippen molar-refractivity contribution >= 4 is 32.2 Å². The minimum absolute atomic E-state index is 0.0374. The summed E-state index contributed by atoms with van der Waals surface area (Å²) in [6.45, 7) is 13.9. The molecule has 1 amide bonds. The maximum atomic E-state index is 14.4. The Morgan fingerprint density at radius 2 is 1.83 bits per heavy atom. The van der Waals surface area contributed by atoms with Crippen molar-refractivity contribution in [1.29, 1.82) is 0 Å². The molecule has 1 aliphatic rings. The van der Waals surface area contributed by atoms with Crippen molar-refractivity contribution in [2.24, 2.45) is 0 Å². The number of carbonyl (C=O) groups is 1. The molecule has 1 saturated heterocycles. The van der Waals surface area contributed by atoms with Gasteiger partial charge in [0, 0.05) is 29.8 Å². The number of nitrogens with zero attached hydrogens (tertiary/aromatic N) is 3. The normalized spacial score (nSPS) is 15.9. The minimum atomic E-state index is -4.79. The third-order valence-electron chi connectivity index (χ3n) is 8.49. The van der Waals surface area contributed by atoms with Crippen molar-refractivity contribution in [2.45, 2.75) is 69.7 Å². The van der Waals surface area contributed by atoms with E-state index in [0.717, 1.165) is 51.7 Å². The number of amides is 1. The molecule has 248 valence electrons. The van der Waals surface area contributed by atoms with Crippen molar-refractivity contribution in [3.63, 3.8) is 0 Å². The van der Waals surface area contributed by atoms with Gasteiger partial charge in [-0.15, -0.1) is 0 Å². The summed E-state index contributed by atoms with van der Waals surface area (Å²) in [6, 6.07) is 9.53. The lowest BCUT2D eigenvalue weighted by Crippen LogP contribution is -2.45. The number of rotatable bonds is 12. The predicted octanol–water partition coefficient (Wildman–Crippen LogP) is 6.96. The van der Waals surface area contributed by atoms with Crippen LogP contribution in [0, 0.1) is 0 Å². The average Bonchev–Trinajstić information content (AvgIpc) is 3.01. The van der Waals surface area contributed by atoms with Gasteiger partial charge in [-0.25, -0.2) is 13.4 Å². The molecule has 1 aromatic heterocycles. The third kappa shape index (κ3) is 8.24. The molecule has 1 aliphatic heterocycles. The van der Waals surface area contributed by atoms with Crippen LogP contribution in [0.25, 0.3) is 16.5 Å². The van der Waals surface area contributed by atoms with Crippen LogP contribution < -0.4 is 5.32 Å². The second kappa shape index (κ2) is 14.9. The van der Waals surface area contributed by atoms with Crippen LogP contribution in [-0.2, 0) is 16.4 Å². The number of likely N-dealkylation sites (tertiary alicyclic amines) is 1. The maximum absolute atomic E-state index is 14.4. The summed E-state index contributed by atoms with van der Waals surface area (Å²) in [7, 11) is -3.71. The molecule has 3 aromatic rings. The molecule has 2 heterocycles. The lowest BCUT2D eigenvalue weighted by atomic mass is 9.94. The summed E-state index contributed by atoms with van der Waals surface area (Å²) in [4.78, 5) is 23.6. The van der Waals surface area contributed by atoms with Crippen LogP contribution >= 0.6 is 0 Å². The topological polar surface area (TPSA) is 82.6 Å². The predicted molar refractivity (Wildman–Crippen MR) is 177 cm³/mol. The van der Waals surface area contributed by atoms with E-state index >= 15 is 0 Å². The SMILES string of the molecule is C=C(C=CC)c1nc2ccc(S(C)(=O)=O)cc2c(C(=O)NC(c2ccccc2)C(F)(F)F)c1CN1CCC(N(CC)CCC)CC1. The number of pyridine rings is 1. The molecule has 1 fully saturated rings. The Bertz CT molecular complexity index is 1680. The number of allylic oxidation sites excluding steroid dienone is 3. The monoisotopic (exact) mass is 656 g/mol. The van der Waals surface area contributed by atoms with Crippen LogP contribution in [0.5, 0.6) is 0 Å². The standard InChI is InChI=1S/C35H43F3N4O3S/c1-6-12-24(4)32-29(23-41-20-17-26(18-21-41)42(8-3)19-7-2)31(28-22-27(46(5,44)45)15-16-30(28)39-32)34(43)40-33(35(36,37)38)25-13-10-9-11-14-25/h6,9-16,22,26,33H,4,7-8,17-21,23H2,1-3,5H3,(H,40,43). The number of alkyl halides is 3. The smallest absolute Gasteiger partial charge is 0.337 e. The van der Waals surface area contributed by atoms with Gasteiger partial charge in [-0.3, -0.25) is 9.69 Å². The molecule has 11 heteroatoms. The zero-order valence-corrected chi connectivity index (χ0v) is 27.7. The zero-order chi connectivity index (χ0) is 33.6. The number of sulfone groups is 1. The first-order chi connectivity index (χ1) is 21.8. The van der Waals surface area contributed by atoms with Gasteiger partial charge < -0.3 is 10.2 Å². The van der Waals surface area contributed by atoms with Crippen molar-refractivity contribution in [2.75, 3.05) is 32.4 Å². The van der Waals surface area contributed by atoms with Gasteiger partial charge in [0.05, 0.1) is 21.7 Å². The Morgan fingerprint density at radius 3 is 2.39 bits per heavy atom. The van der Waals surface area contributed by atoms with Crippen LogP contribution in [0.2, 0.25) is 0 Å². The van der Waals surface area contributed by atoms with Crippen LogP contribution in [0.4, 0.5) is 13.2 Å². The van der Waals surface area contributed by atoms with Crippen molar-refractivity contribution in [1.82, 2.24) is 20.1 Å². The second-order valence-corrected chi connectivity index (χ2v) is 13.8. The molecule has 0 aliphatic carbocycles. The quantitative estimate of drug-likeness (QED) is 0.213. The first-order valence-electron chi connectivity index (χ1n) is 15.7. The third-order valence-corrected chi connectivity index (χ3v) is 9.60. The van der Waals surface area contributed by atoms with E-state index in [1.54, 1.807) is 18.2 Å². The molecule has 0 saturated carbocycles. The molecular weight excluding hydrogens is 613 g/mol. The molecule has 0 radical (unpaired) electrons. The van der Waals surface area contributed by atoms with Crippen molar-refractivity contribution in [3.05, 3.63) is 89.6 Å². The highest BCUT2D eigenvalue weighted by molar-refractivity contribution is 7.90. The fourth-order valence-electron chi connectivity index (χ4n) is 6.23. The van der Waals surface area contributed by atoms with E-state index in [9.17, 15) is 26.4 Å². The fourth-order valence-corrected chi connectivity index (χ4v) is 6.87. The van der Waals surface area contributed by atoms with Crippen LogP contribution in [-0.4, -0.2) is 73.8 Å². The summed E-state index contributed by atoms with van der Waals surface area (Å²) in [5.41, 5.74) is 1.41. The van der Waals surface area contributed by atoms with Gasteiger partial charge in [0.2, 0.25) is 0 Å². The van der Waals surface area contributed by atoms with E-state index in [-0.39, 0.29) is 33.5 Å². The number of carbonyl (C=O) groups excluding carboxylic acids is 1. The lowest BCUT2D eigenvalue weighted by Gasteiger charge is -2.38. The Kier molecular flexibility index (Phi) is 11.5. The highest BCUT2D eigenvalue weighted by Crippen LogP contribution is 2.36. The molecule has 7 nitrogen and oxygen atoms in total. The number of benzene rings is 2. The first kappa shape index (κ1) is 35.3. The first-order valence-corrected chi connectivity index (χ1v) is 17.5. The van der Waals surface area contributed by atoms with Crippen LogP contribution in [0.1, 0.15) is 73.3 Å². The Balaban J connectivity index is 1.88. The van der Waals surface area contributed by atoms with E-state index in [1.807, 2.05) is 6.92 Å². The van der Waals surface area contributed by atoms with Gasteiger partial charge in [-0.05, 0) is 81.7 Å². The summed E-state index contributed by atoms with van der Waals surface area (Å²) in [5.74, 6) is -0.969. The zero-order valence-electron chi connectivity index (χ0n) is 26.9. The number of hydrogen-bond acceptors (Lipinski definition) is 6. The Morgan fingerprint density at radius 1 is 1.15 bits per heavy atom. The number of hydrogen-bond donors (Lipinski definition) is 1. The molecule has 1 unspecified atom stereocenters. The minimum Gasteiger partial charge on any atom is -0.337 e. The van der Waals surface area contributed by atoms with Gasteiger partial charge in [-0.2, -0.15) is 13.2 Å². The van der Waals surface area contributed by atoms with Crippen LogP contribution in [0.15, 0.2) is 72.2 Å². The number of piperidine rings is 1. The van der Waals surface area contributed by atoms with Gasteiger partial charge in [0.15, 0.2) is 15.9 Å². The van der Waals surface area contributed by atoms with Gasteiger partial charge in [0.25, 0.3) is 5.91 Å². The highest BCUT2D eigenvalue weighted by Gasteiger charge is 2.42. The van der Waals surface area contributed by atoms with Gasteiger partial charge >= 0.3 is 6.18 Å². The second-order valence-electron chi connectivity index (χ2n) is 11.8. The Hall–Kier alpha value is -3.54. The molecular formula is C35H43F3N4O3S. The average molecular weight is 657 g/mol. The summed E-state index contributed by atoms with van der Waals surface area (Å²) < 4.78 is 68.5. The van der Waals surface area contributed by atoms with E-state index in [0.29, 0.717) is 22.9 Å².